The van der Waals surface area contributed by atoms with Gasteiger partial charge in [0, 0.05) is 4.88 Å². The topological polar surface area (TPSA) is 64.0 Å². The summed E-state index contributed by atoms with van der Waals surface area (Å²) in [7, 11) is 0. The van der Waals surface area contributed by atoms with Crippen molar-refractivity contribution in [3.05, 3.63) is 50.1 Å². The number of nitrogens with zero attached hydrogens (tertiary/aromatic N) is 2. The quantitative estimate of drug-likeness (QED) is 0.388. The minimum absolute atomic E-state index is 0.0483. The van der Waals surface area contributed by atoms with E-state index in [9.17, 15) is 9.59 Å². The lowest BCUT2D eigenvalue weighted by Gasteiger charge is -2.15. The summed E-state index contributed by atoms with van der Waals surface area (Å²) in [6.45, 7) is 4.21. The van der Waals surface area contributed by atoms with Crippen LogP contribution in [0.15, 0.2) is 28.2 Å². The van der Waals surface area contributed by atoms with Crippen LogP contribution < -0.4 is 10.9 Å². The van der Waals surface area contributed by atoms with Crippen molar-refractivity contribution in [2.75, 3.05) is 12.3 Å². The highest BCUT2D eigenvalue weighted by Gasteiger charge is 2.24. The number of carbonyl (C=O) groups is 1. The first-order valence-corrected chi connectivity index (χ1v) is 11.3. The Hall–Kier alpha value is -2.56. The van der Waals surface area contributed by atoms with Crippen molar-refractivity contribution < 1.29 is 4.79 Å². The monoisotopic (exact) mass is 423 g/mol. The van der Waals surface area contributed by atoms with E-state index < -0.39 is 0 Å². The second kappa shape index (κ2) is 8.05. The van der Waals surface area contributed by atoms with Gasteiger partial charge in [0.15, 0.2) is 5.16 Å². The molecule has 2 heterocycles. The van der Waals surface area contributed by atoms with Crippen LogP contribution in [0.3, 0.4) is 0 Å². The molecule has 0 atom stereocenters. The number of thioether (sulfide) groups is 1. The molecular weight excluding hydrogens is 402 g/mol. The molecule has 3 aromatic rings. The fraction of sp³-hybridized carbons (Fsp3) is 0.318. The maximum Gasteiger partial charge on any atom is 0.267 e. The van der Waals surface area contributed by atoms with Crippen LogP contribution in [0, 0.1) is 26.2 Å². The van der Waals surface area contributed by atoms with E-state index >= 15 is 0 Å². The number of nitrogens with one attached hydrogen (secondary N) is 1. The van der Waals surface area contributed by atoms with E-state index in [-0.39, 0.29) is 23.8 Å². The first-order chi connectivity index (χ1) is 14.0. The molecular formula is C22H21N3O2S2. The Bertz CT molecular complexity index is 1220. The molecule has 5 nitrogen and oxygen atoms in total. The summed E-state index contributed by atoms with van der Waals surface area (Å²) in [6, 6.07) is 6.00. The standard InChI is InChI=1S/C22H21N3O2S2/c1-4-10-23-18(26)12-28-22-24-20-19(15-6-5-7-17(15)29-20)21(27)25(22)16-9-8-13(2)11-14(16)3/h1,8-9,11H,5-7,10,12H2,2-3H3,(H,23,26). The Balaban J connectivity index is 1.85. The minimum Gasteiger partial charge on any atom is -0.344 e. The van der Waals surface area contributed by atoms with E-state index in [2.05, 4.69) is 17.3 Å². The Morgan fingerprint density at radius 3 is 2.97 bits per heavy atom. The number of benzene rings is 1. The summed E-state index contributed by atoms with van der Waals surface area (Å²) < 4.78 is 1.67. The lowest BCUT2D eigenvalue weighted by atomic mass is 10.1. The maximum atomic E-state index is 13.6. The van der Waals surface area contributed by atoms with Gasteiger partial charge in [0.1, 0.15) is 4.83 Å². The molecule has 0 saturated carbocycles. The third kappa shape index (κ3) is 3.70. The van der Waals surface area contributed by atoms with E-state index in [0.717, 1.165) is 51.9 Å². The number of carbonyl (C=O) groups excluding carboxylic acids is 1. The van der Waals surface area contributed by atoms with Crippen LogP contribution in [0.1, 0.15) is 28.0 Å². The third-order valence-electron chi connectivity index (χ3n) is 5.02. The largest absolute Gasteiger partial charge is 0.344 e. The summed E-state index contributed by atoms with van der Waals surface area (Å²) in [5.41, 5.74) is 4.04. The Labute approximate surface area is 177 Å². The normalized spacial score (nSPS) is 12.7. The van der Waals surface area contributed by atoms with Gasteiger partial charge in [-0.3, -0.25) is 14.2 Å². The number of aryl methyl sites for hydroxylation is 4. The van der Waals surface area contributed by atoms with Crippen LogP contribution in [0.2, 0.25) is 0 Å². The first-order valence-electron chi connectivity index (χ1n) is 9.47. The van der Waals surface area contributed by atoms with Crippen molar-refractivity contribution in [2.24, 2.45) is 0 Å². The van der Waals surface area contributed by atoms with E-state index in [1.807, 2.05) is 26.0 Å². The zero-order chi connectivity index (χ0) is 20.5. The lowest BCUT2D eigenvalue weighted by Crippen LogP contribution is -2.27. The highest BCUT2D eigenvalue weighted by atomic mass is 32.2. The van der Waals surface area contributed by atoms with Crippen molar-refractivity contribution in [1.82, 2.24) is 14.9 Å². The summed E-state index contributed by atoms with van der Waals surface area (Å²) in [6.07, 6.45) is 8.23. The molecule has 1 aliphatic rings. The number of hydrogen-bond donors (Lipinski definition) is 1. The van der Waals surface area contributed by atoms with Gasteiger partial charge >= 0.3 is 0 Å². The van der Waals surface area contributed by atoms with Crippen LogP contribution in [0.25, 0.3) is 15.9 Å². The van der Waals surface area contributed by atoms with Crippen LogP contribution >= 0.6 is 23.1 Å². The van der Waals surface area contributed by atoms with Gasteiger partial charge in [0.05, 0.1) is 23.4 Å². The lowest BCUT2D eigenvalue weighted by molar-refractivity contribution is -0.118. The molecule has 0 saturated heterocycles. The molecule has 1 aromatic carbocycles. The molecule has 0 unspecified atom stereocenters. The van der Waals surface area contributed by atoms with Crippen molar-refractivity contribution >= 4 is 39.2 Å². The van der Waals surface area contributed by atoms with Gasteiger partial charge in [-0.1, -0.05) is 35.4 Å². The average molecular weight is 424 g/mol. The molecule has 0 fully saturated rings. The number of hydrogen-bond acceptors (Lipinski definition) is 5. The SMILES string of the molecule is C#CCNC(=O)CSc1nc2sc3c(c2c(=O)n1-c1ccc(C)cc1C)CCC3. The van der Waals surface area contributed by atoms with Crippen molar-refractivity contribution in [2.45, 2.75) is 38.3 Å². The van der Waals surface area contributed by atoms with Gasteiger partial charge in [-0.05, 0) is 50.3 Å². The minimum atomic E-state index is -0.178. The Morgan fingerprint density at radius 2 is 2.21 bits per heavy atom. The third-order valence-corrected chi connectivity index (χ3v) is 7.15. The fourth-order valence-electron chi connectivity index (χ4n) is 3.72. The van der Waals surface area contributed by atoms with Crippen molar-refractivity contribution in [3.8, 4) is 18.0 Å². The number of amides is 1. The molecule has 2 aromatic heterocycles. The van der Waals surface area contributed by atoms with Gasteiger partial charge in [-0.2, -0.15) is 0 Å². The second-order valence-electron chi connectivity index (χ2n) is 7.13. The smallest absolute Gasteiger partial charge is 0.267 e. The van der Waals surface area contributed by atoms with Gasteiger partial charge in [-0.25, -0.2) is 4.98 Å². The van der Waals surface area contributed by atoms with Crippen LogP contribution in [0.4, 0.5) is 0 Å². The van der Waals surface area contributed by atoms with Crippen LogP contribution in [0.5, 0.6) is 0 Å². The number of terminal acetylenes is 1. The number of rotatable bonds is 5. The summed E-state index contributed by atoms with van der Waals surface area (Å²) in [5, 5.41) is 3.93. The Morgan fingerprint density at radius 1 is 1.38 bits per heavy atom. The molecule has 1 amide bonds. The van der Waals surface area contributed by atoms with Crippen molar-refractivity contribution in [1.29, 1.82) is 0 Å². The summed E-state index contributed by atoms with van der Waals surface area (Å²) >= 11 is 2.87. The molecule has 29 heavy (non-hydrogen) atoms. The highest BCUT2D eigenvalue weighted by Crippen LogP contribution is 2.36. The van der Waals surface area contributed by atoms with Crippen molar-refractivity contribution in [3.63, 3.8) is 0 Å². The molecule has 0 radical (unpaired) electrons. The van der Waals surface area contributed by atoms with E-state index in [1.165, 1.54) is 16.6 Å². The average Bonchev–Trinajstić information content (AvgIpc) is 3.26. The Kier molecular flexibility index (Phi) is 5.48. The molecule has 1 N–H and O–H groups in total. The molecule has 0 aliphatic heterocycles. The number of fused-ring (bicyclic) bond motifs is 3. The summed E-state index contributed by atoms with van der Waals surface area (Å²) in [5.74, 6) is 2.36. The summed E-state index contributed by atoms with van der Waals surface area (Å²) in [4.78, 5) is 32.5. The molecule has 1 aliphatic carbocycles. The van der Waals surface area contributed by atoms with E-state index in [1.54, 1.807) is 15.9 Å². The molecule has 0 bridgehead atoms. The fourth-order valence-corrected chi connectivity index (χ4v) is 5.86. The number of aromatic nitrogens is 2. The van der Waals surface area contributed by atoms with E-state index in [4.69, 9.17) is 11.4 Å². The molecule has 0 spiro atoms. The molecule has 148 valence electrons. The van der Waals surface area contributed by atoms with Gasteiger partial charge in [0.2, 0.25) is 5.91 Å². The maximum absolute atomic E-state index is 13.6. The van der Waals surface area contributed by atoms with E-state index in [0.29, 0.717) is 5.16 Å². The predicted octanol–water partition coefficient (Wildman–Crippen LogP) is 3.39. The van der Waals surface area contributed by atoms with Gasteiger partial charge in [0.25, 0.3) is 5.56 Å². The second-order valence-corrected chi connectivity index (χ2v) is 9.16. The van der Waals surface area contributed by atoms with Crippen LogP contribution in [-0.2, 0) is 17.6 Å². The molecule has 7 heteroatoms. The van der Waals surface area contributed by atoms with Gasteiger partial charge in [-0.15, -0.1) is 17.8 Å². The number of thiophene rings is 1. The highest BCUT2D eigenvalue weighted by molar-refractivity contribution is 7.99. The zero-order valence-electron chi connectivity index (χ0n) is 16.4. The predicted molar refractivity (Wildman–Crippen MR) is 119 cm³/mol. The van der Waals surface area contributed by atoms with Crippen LogP contribution in [-0.4, -0.2) is 27.8 Å². The zero-order valence-corrected chi connectivity index (χ0v) is 18.0. The molecule has 4 rings (SSSR count). The first kappa shape index (κ1) is 19.7. The van der Waals surface area contributed by atoms with Gasteiger partial charge < -0.3 is 5.32 Å².